The molecule has 198 valence electrons. The van der Waals surface area contributed by atoms with Gasteiger partial charge in [0.2, 0.25) is 5.78 Å². The van der Waals surface area contributed by atoms with Crippen LogP contribution in [0.25, 0.3) is 0 Å². The van der Waals surface area contributed by atoms with Crippen LogP contribution < -0.4 is 0 Å². The van der Waals surface area contributed by atoms with Crippen LogP contribution in [0, 0.1) is 22.7 Å². The molecule has 3 saturated carbocycles. The maximum atomic E-state index is 15.9. The molecule has 4 aliphatic carbocycles. The van der Waals surface area contributed by atoms with Crippen LogP contribution in [0.3, 0.4) is 0 Å². The van der Waals surface area contributed by atoms with Gasteiger partial charge >= 0.3 is 5.97 Å². The summed E-state index contributed by atoms with van der Waals surface area (Å²) in [6.45, 7) is 6.27. The van der Waals surface area contributed by atoms with E-state index in [1.165, 1.54) is 6.08 Å². The van der Waals surface area contributed by atoms with Crippen molar-refractivity contribution in [2.24, 2.45) is 22.7 Å². The first kappa shape index (κ1) is 26.6. The quantitative estimate of drug-likeness (QED) is 0.304. The van der Waals surface area contributed by atoms with Crippen molar-refractivity contribution in [1.29, 1.82) is 0 Å². The van der Waals surface area contributed by atoms with E-state index >= 15 is 4.39 Å². The third-order valence-electron chi connectivity index (χ3n) is 9.56. The SMILES string of the molecule is CC1(C)OCC(=O)OCC(=O)[C@]2(CC[C@H]3[C@@H]4C[C@H](F)C5=C(Cl)C(=O)C=C[C@]5(C)[C@@]4(Cl)[C@@H](Cl)C[C@@]32C)O1. The second-order valence-corrected chi connectivity index (χ2v) is 13.2. The minimum Gasteiger partial charge on any atom is -0.456 e. The Morgan fingerprint density at radius 2 is 1.78 bits per heavy atom. The van der Waals surface area contributed by atoms with E-state index < -0.39 is 62.9 Å². The van der Waals surface area contributed by atoms with Gasteiger partial charge in [0, 0.05) is 10.8 Å². The van der Waals surface area contributed by atoms with E-state index in [1.807, 2.05) is 6.92 Å². The van der Waals surface area contributed by atoms with Crippen LogP contribution in [-0.2, 0) is 28.6 Å². The summed E-state index contributed by atoms with van der Waals surface area (Å²) in [7, 11) is 0. The molecule has 0 aromatic heterocycles. The number of ether oxygens (including phenoxy) is 3. The number of alkyl halides is 3. The average Bonchev–Trinajstić information content (AvgIpc) is 3.09. The predicted octanol–water partition coefficient (Wildman–Crippen LogP) is 5.02. The van der Waals surface area contributed by atoms with Gasteiger partial charge in [0.05, 0.1) is 15.3 Å². The lowest BCUT2D eigenvalue weighted by molar-refractivity contribution is -0.285. The predicted molar refractivity (Wildman–Crippen MR) is 132 cm³/mol. The van der Waals surface area contributed by atoms with Crippen molar-refractivity contribution in [3.63, 3.8) is 0 Å². The molecule has 8 atom stereocenters. The molecular formula is C26H30Cl3FO6. The Labute approximate surface area is 224 Å². The van der Waals surface area contributed by atoms with Gasteiger partial charge in [-0.15, -0.1) is 23.2 Å². The molecule has 36 heavy (non-hydrogen) atoms. The lowest BCUT2D eigenvalue weighted by Gasteiger charge is -2.64. The molecule has 10 heteroatoms. The van der Waals surface area contributed by atoms with Crippen molar-refractivity contribution < 1.29 is 33.0 Å². The number of hydrogen-bond acceptors (Lipinski definition) is 6. The highest BCUT2D eigenvalue weighted by Crippen LogP contribution is 2.73. The molecule has 0 radical (unpaired) electrons. The van der Waals surface area contributed by atoms with E-state index in [4.69, 9.17) is 49.0 Å². The fraction of sp³-hybridized carbons (Fsp3) is 0.731. The fourth-order valence-corrected chi connectivity index (χ4v) is 9.46. The van der Waals surface area contributed by atoms with E-state index in [0.717, 1.165) is 0 Å². The van der Waals surface area contributed by atoms with E-state index in [0.29, 0.717) is 12.8 Å². The van der Waals surface area contributed by atoms with Gasteiger partial charge in [-0.2, -0.15) is 0 Å². The highest BCUT2D eigenvalue weighted by Gasteiger charge is 2.75. The van der Waals surface area contributed by atoms with Gasteiger partial charge in [-0.25, -0.2) is 9.18 Å². The lowest BCUT2D eigenvalue weighted by atomic mass is 9.46. The second kappa shape index (κ2) is 8.25. The summed E-state index contributed by atoms with van der Waals surface area (Å²) in [6, 6.07) is 0. The number of allylic oxidation sites excluding steroid dienone is 4. The number of Topliss-reactive ketones (excluding diaryl/α,β-unsaturated/α-hetero) is 1. The number of carbonyl (C=O) groups excluding carboxylic acids is 3. The summed E-state index contributed by atoms with van der Waals surface area (Å²) in [5.41, 5.74) is -3.12. The zero-order valence-corrected chi connectivity index (χ0v) is 22.9. The van der Waals surface area contributed by atoms with Crippen LogP contribution >= 0.6 is 34.8 Å². The minimum atomic E-state index is -1.49. The van der Waals surface area contributed by atoms with E-state index in [2.05, 4.69) is 0 Å². The van der Waals surface area contributed by atoms with Crippen LogP contribution in [0.4, 0.5) is 4.39 Å². The normalized spacial score (nSPS) is 48.5. The van der Waals surface area contributed by atoms with E-state index in [9.17, 15) is 14.4 Å². The van der Waals surface area contributed by atoms with Crippen LogP contribution in [0.5, 0.6) is 0 Å². The standard InChI is InChI=1S/C26H30Cl3FO6/c1-22(2)35-12-19(33)34-11-18(32)25(36-22)8-5-13-14-9-15(30)20-21(28)16(31)6-7-23(20,3)26(14,29)17(27)10-24(13,25)4/h6-7,13-15,17H,5,8-12H2,1-4H3/t13-,14-,15-,17-,23-,24-,25-,26-/m0/s1. The molecule has 4 fully saturated rings. The topological polar surface area (TPSA) is 78.9 Å². The maximum Gasteiger partial charge on any atom is 0.332 e. The molecule has 0 aromatic carbocycles. The Morgan fingerprint density at radius 3 is 2.47 bits per heavy atom. The van der Waals surface area contributed by atoms with Gasteiger partial charge in [-0.3, -0.25) is 9.59 Å². The largest absolute Gasteiger partial charge is 0.456 e. The molecule has 5 rings (SSSR count). The van der Waals surface area contributed by atoms with Crippen LogP contribution in [0.15, 0.2) is 22.8 Å². The summed E-state index contributed by atoms with van der Waals surface area (Å²) >= 11 is 21.0. The molecule has 1 spiro atoms. The number of cyclic esters (lactones) is 1. The number of ketones is 2. The molecule has 0 aromatic rings. The Kier molecular flexibility index (Phi) is 6.10. The molecule has 5 aliphatic rings. The van der Waals surface area contributed by atoms with Crippen molar-refractivity contribution in [1.82, 2.24) is 0 Å². The second-order valence-electron chi connectivity index (χ2n) is 11.6. The van der Waals surface area contributed by atoms with Crippen molar-refractivity contribution in [3.05, 3.63) is 22.8 Å². The van der Waals surface area contributed by atoms with Crippen LogP contribution in [-0.4, -0.2) is 58.6 Å². The average molecular weight is 564 g/mol. The highest BCUT2D eigenvalue weighted by molar-refractivity contribution is 6.45. The number of fused-ring (bicyclic) bond motifs is 6. The maximum absolute atomic E-state index is 15.9. The Morgan fingerprint density at radius 1 is 1.08 bits per heavy atom. The fourth-order valence-electron chi connectivity index (χ4n) is 7.89. The van der Waals surface area contributed by atoms with Gasteiger partial charge in [-0.1, -0.05) is 31.5 Å². The van der Waals surface area contributed by atoms with E-state index in [-0.39, 0.29) is 41.8 Å². The van der Waals surface area contributed by atoms with Crippen LogP contribution in [0.1, 0.15) is 53.4 Å². The van der Waals surface area contributed by atoms with Gasteiger partial charge in [0.15, 0.2) is 18.2 Å². The molecular weight excluding hydrogens is 534 g/mol. The van der Waals surface area contributed by atoms with Gasteiger partial charge in [0.1, 0.15) is 18.4 Å². The Balaban J connectivity index is 1.62. The van der Waals surface area contributed by atoms with Crippen molar-refractivity contribution in [2.45, 2.75) is 81.2 Å². The van der Waals surface area contributed by atoms with Gasteiger partial charge in [0.25, 0.3) is 0 Å². The monoisotopic (exact) mass is 562 g/mol. The molecule has 0 N–H and O–H groups in total. The number of esters is 1. The highest BCUT2D eigenvalue weighted by atomic mass is 35.5. The number of hydrogen-bond donors (Lipinski definition) is 0. The number of rotatable bonds is 0. The van der Waals surface area contributed by atoms with Crippen molar-refractivity contribution >= 4 is 52.3 Å². The first-order valence-electron chi connectivity index (χ1n) is 12.3. The number of halogens is 4. The molecule has 1 saturated heterocycles. The van der Waals surface area contributed by atoms with Crippen molar-refractivity contribution in [2.75, 3.05) is 13.2 Å². The Bertz CT molecular complexity index is 1110. The minimum absolute atomic E-state index is 0.0222. The third-order valence-corrected chi connectivity index (χ3v) is 11.5. The zero-order chi connectivity index (χ0) is 26.5. The van der Waals surface area contributed by atoms with Gasteiger partial charge < -0.3 is 14.2 Å². The molecule has 0 unspecified atom stereocenters. The lowest BCUT2D eigenvalue weighted by Crippen LogP contribution is -2.69. The van der Waals surface area contributed by atoms with E-state index in [1.54, 1.807) is 26.8 Å². The van der Waals surface area contributed by atoms with Gasteiger partial charge in [-0.05, 0) is 63.0 Å². The summed E-state index contributed by atoms with van der Waals surface area (Å²) in [4.78, 5) is 36.9. The van der Waals surface area contributed by atoms with Crippen molar-refractivity contribution in [3.8, 4) is 0 Å². The smallest absolute Gasteiger partial charge is 0.332 e. The summed E-state index contributed by atoms with van der Waals surface area (Å²) < 4.78 is 33.2. The van der Waals surface area contributed by atoms with Crippen LogP contribution in [0.2, 0.25) is 0 Å². The third kappa shape index (κ3) is 3.32. The zero-order valence-electron chi connectivity index (χ0n) is 20.7. The molecule has 1 heterocycles. The first-order valence-corrected chi connectivity index (χ1v) is 13.5. The molecule has 0 amide bonds. The number of carbonyl (C=O) groups is 3. The summed E-state index contributed by atoms with van der Waals surface area (Å²) in [5.74, 6) is -3.39. The molecule has 6 nitrogen and oxygen atoms in total. The molecule has 1 aliphatic heterocycles. The Hall–Kier alpha value is -0.990. The summed E-state index contributed by atoms with van der Waals surface area (Å²) in [6.07, 6.45) is 2.67. The molecule has 0 bridgehead atoms. The summed E-state index contributed by atoms with van der Waals surface area (Å²) in [5, 5.41) is -0.854. The first-order chi connectivity index (χ1) is 16.6.